The summed E-state index contributed by atoms with van der Waals surface area (Å²) in [6.45, 7) is 0. The molecule has 0 spiro atoms. The highest BCUT2D eigenvalue weighted by atomic mass is 19.1. The zero-order valence-electron chi connectivity index (χ0n) is 19.8. The van der Waals surface area contributed by atoms with Crippen LogP contribution in [-0.2, 0) is 0 Å². The lowest BCUT2D eigenvalue weighted by Gasteiger charge is -2.21. The molecule has 0 radical (unpaired) electrons. The molecule has 8 nitrogen and oxygen atoms in total. The lowest BCUT2D eigenvalue weighted by atomic mass is 9.93. The van der Waals surface area contributed by atoms with Gasteiger partial charge in [-0.05, 0) is 72.8 Å². The number of hydrogen-bond acceptors (Lipinski definition) is 6. The minimum absolute atomic E-state index is 0.210. The Balaban J connectivity index is 1.38. The number of benzene rings is 4. The summed E-state index contributed by atoms with van der Waals surface area (Å²) < 4.78 is 29.8. The van der Waals surface area contributed by atoms with Crippen molar-refractivity contribution in [3.05, 3.63) is 95.6 Å². The van der Waals surface area contributed by atoms with Crippen LogP contribution in [0.25, 0.3) is 44.3 Å². The standard InChI is InChI=1S/C28H22F2N6O2/c29-21-5-1-13(25-19-11-15(31)3-7-23(19)33-35-25)9-17(21)27(37)28(38)18-10-14(2-6-22(18)30)26-20-12-16(32)4-8-24(20)34-36-26/h1-12,27-28,37-38H,31-32H2,(H,33,35)(H,34,36). The minimum Gasteiger partial charge on any atom is -0.399 e. The number of aromatic nitrogens is 4. The van der Waals surface area contributed by atoms with E-state index in [1.807, 2.05) is 0 Å². The molecule has 0 aliphatic rings. The summed E-state index contributed by atoms with van der Waals surface area (Å²) in [6, 6.07) is 18.6. The van der Waals surface area contributed by atoms with Crippen LogP contribution in [0.2, 0.25) is 0 Å². The molecular weight excluding hydrogens is 490 g/mol. The van der Waals surface area contributed by atoms with Gasteiger partial charge in [0.15, 0.2) is 0 Å². The van der Waals surface area contributed by atoms with Crippen LogP contribution < -0.4 is 11.5 Å². The fourth-order valence-electron chi connectivity index (χ4n) is 4.68. The van der Waals surface area contributed by atoms with Crippen molar-refractivity contribution in [1.29, 1.82) is 0 Å². The molecule has 10 heteroatoms. The fraction of sp³-hybridized carbons (Fsp3) is 0.0714. The lowest BCUT2D eigenvalue weighted by Crippen LogP contribution is -2.14. The van der Waals surface area contributed by atoms with E-state index < -0.39 is 23.8 Å². The molecule has 2 heterocycles. The van der Waals surface area contributed by atoms with E-state index >= 15 is 0 Å². The molecule has 0 aliphatic heterocycles. The summed E-state index contributed by atoms with van der Waals surface area (Å²) in [5.41, 5.74) is 15.9. The molecule has 0 saturated carbocycles. The smallest absolute Gasteiger partial charge is 0.129 e. The third-order valence-corrected chi connectivity index (χ3v) is 6.65. The SMILES string of the molecule is Nc1ccc2[nH]nc(-c3ccc(F)c(C(O)C(O)c4cc(-c5n[nH]c6ccc(N)cc56)ccc4F)c3)c2c1. The maximum Gasteiger partial charge on any atom is 0.129 e. The molecule has 0 aliphatic carbocycles. The Morgan fingerprint density at radius 1 is 0.605 bits per heavy atom. The second-order valence-corrected chi connectivity index (χ2v) is 9.12. The van der Waals surface area contributed by atoms with E-state index in [0.717, 1.165) is 11.0 Å². The third kappa shape index (κ3) is 3.92. The van der Waals surface area contributed by atoms with Gasteiger partial charge in [0.25, 0.3) is 0 Å². The van der Waals surface area contributed by atoms with E-state index in [0.29, 0.717) is 44.7 Å². The summed E-state index contributed by atoms with van der Waals surface area (Å²) >= 11 is 0. The summed E-state index contributed by atoms with van der Waals surface area (Å²) in [6.07, 6.45) is -3.55. The normalized spacial score (nSPS) is 13.3. The van der Waals surface area contributed by atoms with E-state index in [2.05, 4.69) is 20.4 Å². The molecule has 0 bridgehead atoms. The van der Waals surface area contributed by atoms with Gasteiger partial charge >= 0.3 is 0 Å². The average molecular weight is 513 g/mol. The van der Waals surface area contributed by atoms with Crippen molar-refractivity contribution in [1.82, 2.24) is 20.4 Å². The Kier molecular flexibility index (Phi) is 5.55. The van der Waals surface area contributed by atoms with Crippen LogP contribution >= 0.6 is 0 Å². The number of rotatable bonds is 5. The van der Waals surface area contributed by atoms with Gasteiger partial charge in [0.1, 0.15) is 23.8 Å². The first-order valence-corrected chi connectivity index (χ1v) is 11.7. The maximum absolute atomic E-state index is 14.9. The van der Waals surface area contributed by atoms with Crippen LogP contribution in [0.4, 0.5) is 20.2 Å². The predicted octanol–water partition coefficient (Wildman–Crippen LogP) is 4.98. The van der Waals surface area contributed by atoms with E-state index in [4.69, 9.17) is 11.5 Å². The molecule has 8 N–H and O–H groups in total. The first kappa shape index (κ1) is 23.6. The molecule has 0 fully saturated rings. The number of halogens is 2. The summed E-state index contributed by atoms with van der Waals surface area (Å²) in [7, 11) is 0. The van der Waals surface area contributed by atoms with Crippen LogP contribution in [-0.4, -0.2) is 30.6 Å². The monoisotopic (exact) mass is 512 g/mol. The quantitative estimate of drug-likeness (QED) is 0.179. The Morgan fingerprint density at radius 3 is 1.45 bits per heavy atom. The number of anilines is 2. The number of nitrogens with zero attached hydrogens (tertiary/aromatic N) is 2. The molecule has 2 atom stereocenters. The van der Waals surface area contributed by atoms with Crippen molar-refractivity contribution in [3.8, 4) is 22.5 Å². The van der Waals surface area contributed by atoms with Crippen LogP contribution in [0.5, 0.6) is 0 Å². The molecule has 6 rings (SSSR count). The predicted molar refractivity (Wildman–Crippen MR) is 142 cm³/mol. The van der Waals surface area contributed by atoms with Crippen LogP contribution in [0, 0.1) is 11.6 Å². The number of H-pyrrole nitrogens is 2. The highest BCUT2D eigenvalue weighted by Crippen LogP contribution is 2.37. The van der Waals surface area contributed by atoms with Crippen molar-refractivity contribution in [2.75, 3.05) is 11.5 Å². The number of nitrogen functional groups attached to an aromatic ring is 2. The Bertz CT molecular complexity index is 1700. The summed E-state index contributed by atoms with van der Waals surface area (Å²) in [5.74, 6) is -1.52. The Hall–Kier alpha value is -4.80. The van der Waals surface area contributed by atoms with Crippen LogP contribution in [0.1, 0.15) is 23.3 Å². The van der Waals surface area contributed by atoms with Gasteiger partial charge in [-0.15, -0.1) is 0 Å². The minimum atomic E-state index is -1.78. The van der Waals surface area contributed by atoms with Gasteiger partial charge in [-0.1, -0.05) is 0 Å². The van der Waals surface area contributed by atoms with Crippen molar-refractivity contribution >= 4 is 33.2 Å². The number of aromatic amines is 2. The molecule has 2 unspecified atom stereocenters. The van der Waals surface area contributed by atoms with Crippen LogP contribution in [0.3, 0.4) is 0 Å². The van der Waals surface area contributed by atoms with Crippen LogP contribution in [0.15, 0.2) is 72.8 Å². The Morgan fingerprint density at radius 2 is 1.03 bits per heavy atom. The number of aliphatic hydroxyl groups excluding tert-OH is 2. The zero-order valence-corrected chi connectivity index (χ0v) is 19.8. The topological polar surface area (TPSA) is 150 Å². The Labute approximate surface area is 214 Å². The van der Waals surface area contributed by atoms with E-state index in [9.17, 15) is 19.0 Å². The molecule has 0 amide bonds. The van der Waals surface area contributed by atoms with Gasteiger partial charge in [0.05, 0.1) is 22.4 Å². The van der Waals surface area contributed by atoms with Gasteiger partial charge in [0.2, 0.25) is 0 Å². The van der Waals surface area contributed by atoms with Crippen molar-refractivity contribution in [2.45, 2.75) is 12.2 Å². The first-order valence-electron chi connectivity index (χ1n) is 11.7. The van der Waals surface area contributed by atoms with E-state index in [1.165, 1.54) is 36.4 Å². The zero-order chi connectivity index (χ0) is 26.6. The molecule has 4 aromatic carbocycles. The van der Waals surface area contributed by atoms with E-state index in [1.54, 1.807) is 36.4 Å². The van der Waals surface area contributed by atoms with Gasteiger partial charge in [-0.25, -0.2) is 8.78 Å². The fourth-order valence-corrected chi connectivity index (χ4v) is 4.68. The van der Waals surface area contributed by atoms with Crippen molar-refractivity contribution in [3.63, 3.8) is 0 Å². The summed E-state index contributed by atoms with van der Waals surface area (Å²) in [4.78, 5) is 0. The highest BCUT2D eigenvalue weighted by molar-refractivity contribution is 5.95. The molecule has 0 saturated heterocycles. The number of nitrogens with two attached hydrogens (primary N) is 2. The van der Waals surface area contributed by atoms with E-state index in [-0.39, 0.29) is 11.1 Å². The average Bonchev–Trinajstić information content (AvgIpc) is 3.52. The van der Waals surface area contributed by atoms with Crippen molar-refractivity contribution < 1.29 is 19.0 Å². The highest BCUT2D eigenvalue weighted by Gasteiger charge is 2.27. The third-order valence-electron chi connectivity index (χ3n) is 6.65. The molecule has 190 valence electrons. The molecule has 38 heavy (non-hydrogen) atoms. The van der Waals surface area contributed by atoms with Gasteiger partial charge in [-0.2, -0.15) is 10.2 Å². The second kappa shape index (κ2) is 8.94. The molecule has 2 aromatic heterocycles. The number of hydrogen-bond donors (Lipinski definition) is 6. The van der Waals surface area contributed by atoms with Gasteiger partial charge in [0, 0.05) is 44.4 Å². The number of fused-ring (bicyclic) bond motifs is 2. The number of nitrogens with one attached hydrogen (secondary N) is 2. The lowest BCUT2D eigenvalue weighted by molar-refractivity contribution is 0.0131. The largest absolute Gasteiger partial charge is 0.399 e. The van der Waals surface area contributed by atoms with Gasteiger partial charge in [-0.3, -0.25) is 10.2 Å². The molecular formula is C28H22F2N6O2. The van der Waals surface area contributed by atoms with Crippen molar-refractivity contribution in [2.24, 2.45) is 0 Å². The summed E-state index contributed by atoms with van der Waals surface area (Å²) in [5, 5.41) is 37.8. The van der Waals surface area contributed by atoms with Gasteiger partial charge < -0.3 is 21.7 Å². The molecule has 6 aromatic rings. The first-order chi connectivity index (χ1) is 18.3. The number of aliphatic hydroxyl groups is 2. The second-order valence-electron chi connectivity index (χ2n) is 9.12. The maximum atomic E-state index is 14.9.